The lowest BCUT2D eigenvalue weighted by Crippen LogP contribution is -2.45. The lowest BCUT2D eigenvalue weighted by molar-refractivity contribution is -0.137. The second kappa shape index (κ2) is 5.67. The minimum absolute atomic E-state index is 0.0803. The first-order chi connectivity index (χ1) is 10.7. The van der Waals surface area contributed by atoms with Crippen molar-refractivity contribution in [1.29, 1.82) is 0 Å². The zero-order valence-electron chi connectivity index (χ0n) is 13.3. The van der Waals surface area contributed by atoms with Gasteiger partial charge in [-0.15, -0.1) is 0 Å². The Morgan fingerprint density at radius 1 is 1.13 bits per heavy atom. The Labute approximate surface area is 133 Å². The van der Waals surface area contributed by atoms with Crippen molar-refractivity contribution < 1.29 is 17.9 Å². The molecule has 1 aliphatic heterocycles. The first-order valence-corrected chi connectivity index (χ1v) is 7.63. The summed E-state index contributed by atoms with van der Waals surface area (Å²) in [6.07, 6.45) is -4.20. The van der Waals surface area contributed by atoms with Crippen LogP contribution in [0.3, 0.4) is 0 Å². The van der Waals surface area contributed by atoms with E-state index in [0.29, 0.717) is 24.3 Å². The number of anilines is 1. The van der Waals surface area contributed by atoms with Gasteiger partial charge < -0.3 is 9.64 Å². The predicted octanol–water partition coefficient (Wildman–Crippen LogP) is 4.18. The van der Waals surface area contributed by atoms with Crippen LogP contribution < -0.4 is 4.90 Å². The van der Waals surface area contributed by atoms with Gasteiger partial charge >= 0.3 is 6.18 Å². The van der Waals surface area contributed by atoms with Gasteiger partial charge in [-0.2, -0.15) is 13.2 Å². The van der Waals surface area contributed by atoms with Gasteiger partial charge in [0.1, 0.15) is 0 Å². The fourth-order valence-corrected chi connectivity index (χ4v) is 3.15. The quantitative estimate of drug-likeness (QED) is 0.787. The van der Waals surface area contributed by atoms with Crippen molar-refractivity contribution in [2.45, 2.75) is 39.2 Å². The van der Waals surface area contributed by atoms with Gasteiger partial charge in [0.25, 0.3) is 0 Å². The van der Waals surface area contributed by atoms with Gasteiger partial charge in [-0.1, -0.05) is 6.07 Å². The van der Waals surface area contributed by atoms with Crippen molar-refractivity contribution >= 4 is 16.6 Å². The van der Waals surface area contributed by atoms with Crippen LogP contribution in [-0.2, 0) is 10.9 Å². The highest BCUT2D eigenvalue weighted by Gasteiger charge is 2.31. The van der Waals surface area contributed by atoms with Crippen LogP contribution >= 0.6 is 0 Å². The maximum atomic E-state index is 12.9. The number of hydrogen-bond acceptors (Lipinski definition) is 3. The molecule has 124 valence electrons. The molecule has 0 amide bonds. The number of pyridine rings is 1. The van der Waals surface area contributed by atoms with Gasteiger partial charge in [0.15, 0.2) is 0 Å². The molecule has 3 nitrogen and oxygen atoms in total. The van der Waals surface area contributed by atoms with Crippen molar-refractivity contribution in [3.63, 3.8) is 0 Å². The molecule has 1 aromatic carbocycles. The second-order valence-electron chi connectivity index (χ2n) is 6.17. The molecule has 2 atom stereocenters. The first-order valence-electron chi connectivity index (χ1n) is 7.63. The van der Waals surface area contributed by atoms with E-state index in [1.165, 1.54) is 6.07 Å². The Bertz CT molecular complexity index is 720. The van der Waals surface area contributed by atoms with Crippen molar-refractivity contribution in [1.82, 2.24) is 4.98 Å². The number of aromatic nitrogens is 1. The van der Waals surface area contributed by atoms with E-state index >= 15 is 0 Å². The van der Waals surface area contributed by atoms with E-state index < -0.39 is 11.7 Å². The van der Waals surface area contributed by atoms with E-state index in [4.69, 9.17) is 4.74 Å². The Morgan fingerprint density at radius 3 is 2.39 bits per heavy atom. The molecule has 2 heterocycles. The summed E-state index contributed by atoms with van der Waals surface area (Å²) in [4.78, 5) is 6.46. The number of halogens is 3. The topological polar surface area (TPSA) is 25.4 Å². The standard InChI is InChI=1S/C17H19F3N2O/c1-10-6-16(22-8-11(2)23-12(3)9-22)14-5-4-13(17(18,19)20)7-15(14)21-10/h4-7,11-12H,8-9H2,1-3H3. The summed E-state index contributed by atoms with van der Waals surface area (Å²) >= 11 is 0. The van der Waals surface area contributed by atoms with Gasteiger partial charge in [0.2, 0.25) is 0 Å². The molecule has 1 saturated heterocycles. The number of aryl methyl sites for hydroxylation is 1. The molecule has 0 spiro atoms. The second-order valence-corrected chi connectivity index (χ2v) is 6.17. The molecule has 2 aromatic rings. The molecule has 0 radical (unpaired) electrons. The molecule has 0 bridgehead atoms. The zero-order chi connectivity index (χ0) is 16.8. The highest BCUT2D eigenvalue weighted by atomic mass is 19.4. The van der Waals surface area contributed by atoms with Crippen LogP contribution in [0.15, 0.2) is 24.3 Å². The highest BCUT2D eigenvalue weighted by molar-refractivity contribution is 5.92. The Kier molecular flexibility index (Phi) is 3.96. The largest absolute Gasteiger partial charge is 0.416 e. The van der Waals surface area contributed by atoms with E-state index in [9.17, 15) is 13.2 Å². The van der Waals surface area contributed by atoms with E-state index in [1.807, 2.05) is 19.9 Å². The van der Waals surface area contributed by atoms with E-state index in [0.717, 1.165) is 23.2 Å². The number of morpholine rings is 1. The number of alkyl halides is 3. The minimum atomic E-state index is -4.36. The summed E-state index contributed by atoms with van der Waals surface area (Å²) < 4.78 is 44.5. The molecular weight excluding hydrogens is 305 g/mol. The van der Waals surface area contributed by atoms with Crippen molar-refractivity contribution in [2.75, 3.05) is 18.0 Å². The maximum Gasteiger partial charge on any atom is 0.416 e. The monoisotopic (exact) mass is 324 g/mol. The first kappa shape index (κ1) is 16.1. The SMILES string of the molecule is Cc1cc(N2CC(C)OC(C)C2)c2ccc(C(F)(F)F)cc2n1. The fraction of sp³-hybridized carbons (Fsp3) is 0.471. The molecule has 23 heavy (non-hydrogen) atoms. The van der Waals surface area contributed by atoms with Crippen molar-refractivity contribution in [3.8, 4) is 0 Å². The Hall–Kier alpha value is -1.82. The number of nitrogens with zero attached hydrogens (tertiary/aromatic N) is 2. The van der Waals surface area contributed by atoms with Crippen LogP contribution in [-0.4, -0.2) is 30.3 Å². The molecule has 1 aromatic heterocycles. The van der Waals surface area contributed by atoms with Crippen molar-refractivity contribution in [2.24, 2.45) is 0 Å². The van der Waals surface area contributed by atoms with E-state index in [2.05, 4.69) is 9.88 Å². The predicted molar refractivity (Wildman–Crippen MR) is 83.7 cm³/mol. The number of hydrogen-bond donors (Lipinski definition) is 0. The average molecular weight is 324 g/mol. The van der Waals surface area contributed by atoms with Crippen LogP contribution in [0.5, 0.6) is 0 Å². The number of ether oxygens (including phenoxy) is 1. The van der Waals surface area contributed by atoms with Crippen LogP contribution in [0, 0.1) is 6.92 Å². The number of fused-ring (bicyclic) bond motifs is 1. The molecule has 1 aliphatic rings. The lowest BCUT2D eigenvalue weighted by Gasteiger charge is -2.37. The zero-order valence-corrected chi connectivity index (χ0v) is 13.3. The van der Waals surface area contributed by atoms with Crippen molar-refractivity contribution in [3.05, 3.63) is 35.5 Å². The van der Waals surface area contributed by atoms with Gasteiger partial charge in [-0.05, 0) is 39.0 Å². The Balaban J connectivity index is 2.10. The van der Waals surface area contributed by atoms with E-state index in [1.54, 1.807) is 6.92 Å². The molecule has 0 aliphatic carbocycles. The summed E-state index contributed by atoms with van der Waals surface area (Å²) in [6.45, 7) is 7.23. The van der Waals surface area contributed by atoms with Gasteiger partial charge in [-0.25, -0.2) is 0 Å². The van der Waals surface area contributed by atoms with Crippen LogP contribution in [0.4, 0.5) is 18.9 Å². The molecule has 0 N–H and O–H groups in total. The highest BCUT2D eigenvalue weighted by Crippen LogP contribution is 2.34. The summed E-state index contributed by atoms with van der Waals surface area (Å²) in [5, 5.41) is 0.741. The molecule has 6 heteroatoms. The average Bonchev–Trinajstić information content (AvgIpc) is 2.43. The van der Waals surface area contributed by atoms with Crippen LogP contribution in [0.25, 0.3) is 10.9 Å². The maximum absolute atomic E-state index is 12.9. The van der Waals surface area contributed by atoms with Crippen LogP contribution in [0.1, 0.15) is 25.1 Å². The Morgan fingerprint density at radius 2 is 1.78 bits per heavy atom. The molecule has 1 fully saturated rings. The number of benzene rings is 1. The molecular formula is C17H19F3N2O. The van der Waals surface area contributed by atoms with Gasteiger partial charge in [0.05, 0.1) is 23.3 Å². The third kappa shape index (κ3) is 3.27. The van der Waals surface area contributed by atoms with Crippen LogP contribution in [0.2, 0.25) is 0 Å². The minimum Gasteiger partial charge on any atom is -0.372 e. The molecule has 2 unspecified atom stereocenters. The fourth-order valence-electron chi connectivity index (χ4n) is 3.15. The number of rotatable bonds is 1. The normalized spacial score (nSPS) is 22.6. The third-order valence-corrected chi connectivity index (χ3v) is 4.00. The summed E-state index contributed by atoms with van der Waals surface area (Å²) in [5.41, 5.74) is 1.33. The summed E-state index contributed by atoms with van der Waals surface area (Å²) in [6, 6.07) is 5.69. The summed E-state index contributed by atoms with van der Waals surface area (Å²) in [7, 11) is 0. The smallest absolute Gasteiger partial charge is 0.372 e. The third-order valence-electron chi connectivity index (χ3n) is 4.00. The lowest BCUT2D eigenvalue weighted by atomic mass is 10.1. The van der Waals surface area contributed by atoms with E-state index in [-0.39, 0.29) is 12.2 Å². The molecule has 3 rings (SSSR count). The van der Waals surface area contributed by atoms with Gasteiger partial charge in [-0.3, -0.25) is 4.98 Å². The van der Waals surface area contributed by atoms with Gasteiger partial charge in [0, 0.05) is 29.9 Å². The molecule has 0 saturated carbocycles. The summed E-state index contributed by atoms with van der Waals surface area (Å²) in [5.74, 6) is 0.